The molecule has 1 aromatic carbocycles. The van der Waals surface area contributed by atoms with Crippen LogP contribution in [-0.4, -0.2) is 19.6 Å². The van der Waals surface area contributed by atoms with Crippen LogP contribution in [0, 0.1) is 6.92 Å². The number of benzene rings is 1. The van der Waals surface area contributed by atoms with Gasteiger partial charge in [-0.15, -0.1) is 5.10 Å². The Morgan fingerprint density at radius 3 is 2.48 bits per heavy atom. The molecule has 0 aliphatic heterocycles. The van der Waals surface area contributed by atoms with E-state index >= 15 is 0 Å². The van der Waals surface area contributed by atoms with Crippen LogP contribution in [0.15, 0.2) is 24.3 Å². The van der Waals surface area contributed by atoms with Crippen molar-refractivity contribution < 1.29 is 0 Å². The van der Waals surface area contributed by atoms with Crippen LogP contribution in [0.1, 0.15) is 30.1 Å². The molecule has 1 fully saturated rings. The van der Waals surface area contributed by atoms with Gasteiger partial charge in [-0.1, -0.05) is 53.0 Å². The van der Waals surface area contributed by atoms with Crippen molar-refractivity contribution >= 4 is 29.0 Å². The van der Waals surface area contributed by atoms with Crippen molar-refractivity contribution in [3.63, 3.8) is 0 Å². The van der Waals surface area contributed by atoms with Gasteiger partial charge in [0, 0.05) is 5.92 Å². The van der Waals surface area contributed by atoms with Gasteiger partial charge in [0.25, 0.3) is 5.78 Å². The van der Waals surface area contributed by atoms with E-state index in [9.17, 15) is 0 Å². The summed E-state index contributed by atoms with van der Waals surface area (Å²) in [5, 5.41) is 5.28. The first-order valence-corrected chi connectivity index (χ1v) is 7.58. The second kappa shape index (κ2) is 4.68. The van der Waals surface area contributed by atoms with E-state index < -0.39 is 0 Å². The normalized spacial score (nSPS) is 14.8. The molecular weight excluding hydrogens is 307 g/mol. The fraction of sp³-hybridized carbons (Fsp3) is 0.267. The molecule has 1 aliphatic carbocycles. The van der Waals surface area contributed by atoms with Gasteiger partial charge in [0.1, 0.15) is 10.3 Å². The van der Waals surface area contributed by atoms with E-state index in [1.165, 1.54) is 5.56 Å². The second-order valence-electron chi connectivity index (χ2n) is 5.39. The van der Waals surface area contributed by atoms with Crippen LogP contribution in [0.3, 0.4) is 0 Å². The highest BCUT2D eigenvalue weighted by molar-refractivity contribution is 6.38. The Morgan fingerprint density at radius 2 is 1.81 bits per heavy atom. The summed E-state index contributed by atoms with van der Waals surface area (Å²) in [5.74, 6) is 1.72. The monoisotopic (exact) mass is 318 g/mol. The fourth-order valence-electron chi connectivity index (χ4n) is 2.33. The maximum Gasteiger partial charge on any atom is 0.255 e. The Bertz CT molecular complexity index is 835. The lowest BCUT2D eigenvalue weighted by molar-refractivity contribution is 0.874. The maximum absolute atomic E-state index is 6.50. The first-order valence-electron chi connectivity index (χ1n) is 6.82. The summed E-state index contributed by atoms with van der Waals surface area (Å²) in [7, 11) is 0. The van der Waals surface area contributed by atoms with Gasteiger partial charge >= 0.3 is 0 Å². The molecule has 1 aliphatic rings. The minimum Gasteiger partial charge on any atom is -0.198 e. The molecule has 4 rings (SSSR count). The smallest absolute Gasteiger partial charge is 0.198 e. The van der Waals surface area contributed by atoms with Crippen LogP contribution in [0.25, 0.3) is 16.9 Å². The van der Waals surface area contributed by atoms with Gasteiger partial charge in [-0.05, 0) is 25.3 Å². The summed E-state index contributed by atoms with van der Waals surface area (Å²) < 4.78 is 1.58. The largest absolute Gasteiger partial charge is 0.255 e. The van der Waals surface area contributed by atoms with Crippen LogP contribution in [0.5, 0.6) is 0 Å². The molecule has 0 spiro atoms. The number of halogens is 2. The lowest BCUT2D eigenvalue weighted by atomic mass is 10.1. The lowest BCUT2D eigenvalue weighted by Gasteiger charge is -2.07. The number of aryl methyl sites for hydroxylation is 1. The molecule has 21 heavy (non-hydrogen) atoms. The van der Waals surface area contributed by atoms with Crippen molar-refractivity contribution in [1.29, 1.82) is 0 Å². The number of nitrogens with zero attached hydrogens (tertiary/aromatic N) is 4. The van der Waals surface area contributed by atoms with Gasteiger partial charge in [0.15, 0.2) is 5.82 Å². The molecule has 0 bridgehead atoms. The Labute approximate surface area is 131 Å². The molecule has 6 heteroatoms. The highest BCUT2D eigenvalue weighted by Crippen LogP contribution is 2.39. The molecular formula is C15H12Cl2N4. The molecule has 0 radical (unpaired) electrons. The van der Waals surface area contributed by atoms with Crippen LogP contribution in [0.4, 0.5) is 0 Å². The predicted octanol–water partition coefficient (Wildman–Crippen LogP) is 4.28. The summed E-state index contributed by atoms with van der Waals surface area (Å²) in [4.78, 5) is 8.75. The molecule has 0 amide bonds. The van der Waals surface area contributed by atoms with Crippen LogP contribution in [-0.2, 0) is 0 Å². The Hall–Kier alpha value is -1.65. The Balaban J connectivity index is 1.93. The minimum atomic E-state index is 0.353. The fourth-order valence-corrected chi connectivity index (χ4v) is 2.97. The minimum absolute atomic E-state index is 0.353. The molecule has 0 atom stereocenters. The molecule has 0 N–H and O–H groups in total. The van der Waals surface area contributed by atoms with Gasteiger partial charge in [0.05, 0.1) is 5.56 Å². The predicted molar refractivity (Wildman–Crippen MR) is 83.0 cm³/mol. The number of hydrogen-bond acceptors (Lipinski definition) is 3. The molecule has 0 saturated heterocycles. The quantitative estimate of drug-likeness (QED) is 0.662. The van der Waals surface area contributed by atoms with Gasteiger partial charge in [-0.3, -0.25) is 0 Å². The molecule has 2 heterocycles. The standard InChI is InChI=1S/C15H12Cl2N4/c1-8-2-4-9(5-3-8)11-12(16)18-15-19-14(10-6-7-10)20-21(15)13(11)17/h2-5,10H,6-7H2,1H3. The third-order valence-electron chi connectivity index (χ3n) is 3.69. The summed E-state index contributed by atoms with van der Waals surface area (Å²) in [6.45, 7) is 2.04. The van der Waals surface area contributed by atoms with E-state index in [4.69, 9.17) is 23.2 Å². The van der Waals surface area contributed by atoms with Crippen molar-refractivity contribution in [3.8, 4) is 11.1 Å². The summed E-state index contributed by atoms with van der Waals surface area (Å²) in [6, 6.07) is 8.00. The lowest BCUT2D eigenvalue weighted by Crippen LogP contribution is -1.97. The first kappa shape index (κ1) is 13.0. The average Bonchev–Trinajstić information content (AvgIpc) is 3.22. The third-order valence-corrected chi connectivity index (χ3v) is 4.31. The van der Waals surface area contributed by atoms with E-state index in [0.29, 0.717) is 27.6 Å². The van der Waals surface area contributed by atoms with E-state index in [0.717, 1.165) is 24.2 Å². The van der Waals surface area contributed by atoms with Crippen LogP contribution in [0.2, 0.25) is 10.3 Å². The summed E-state index contributed by atoms with van der Waals surface area (Å²) in [6.07, 6.45) is 2.26. The second-order valence-corrected chi connectivity index (χ2v) is 6.11. The zero-order valence-corrected chi connectivity index (χ0v) is 12.9. The number of fused-ring (bicyclic) bond motifs is 1. The number of hydrogen-bond donors (Lipinski definition) is 0. The average molecular weight is 319 g/mol. The van der Waals surface area contributed by atoms with Crippen LogP contribution >= 0.6 is 23.2 Å². The Morgan fingerprint density at radius 1 is 1.10 bits per heavy atom. The SMILES string of the molecule is Cc1ccc(-c2c(Cl)nc3nc(C4CC4)nn3c2Cl)cc1. The highest BCUT2D eigenvalue weighted by atomic mass is 35.5. The molecule has 106 valence electrons. The van der Waals surface area contributed by atoms with Gasteiger partial charge < -0.3 is 0 Å². The van der Waals surface area contributed by atoms with Crippen molar-refractivity contribution in [3.05, 3.63) is 46.0 Å². The summed E-state index contributed by atoms with van der Waals surface area (Å²) >= 11 is 12.8. The van der Waals surface area contributed by atoms with E-state index in [2.05, 4.69) is 15.1 Å². The zero-order chi connectivity index (χ0) is 14.6. The van der Waals surface area contributed by atoms with Crippen molar-refractivity contribution in [2.45, 2.75) is 25.7 Å². The molecule has 2 aromatic heterocycles. The molecule has 1 saturated carbocycles. The molecule has 4 nitrogen and oxygen atoms in total. The van der Waals surface area contributed by atoms with Gasteiger partial charge in [-0.2, -0.15) is 14.5 Å². The van der Waals surface area contributed by atoms with Crippen molar-refractivity contribution in [1.82, 2.24) is 19.6 Å². The summed E-state index contributed by atoms with van der Waals surface area (Å²) in [5.41, 5.74) is 2.79. The van der Waals surface area contributed by atoms with E-state index in [-0.39, 0.29) is 0 Å². The highest BCUT2D eigenvalue weighted by Gasteiger charge is 2.29. The maximum atomic E-state index is 6.50. The number of rotatable bonds is 2. The van der Waals surface area contributed by atoms with Gasteiger partial charge in [0.2, 0.25) is 0 Å². The van der Waals surface area contributed by atoms with E-state index in [1.54, 1.807) is 4.52 Å². The molecule has 3 aromatic rings. The zero-order valence-electron chi connectivity index (χ0n) is 11.3. The van der Waals surface area contributed by atoms with Crippen molar-refractivity contribution in [2.24, 2.45) is 0 Å². The first-order chi connectivity index (χ1) is 10.1. The van der Waals surface area contributed by atoms with E-state index in [1.807, 2.05) is 31.2 Å². The number of aromatic nitrogens is 4. The van der Waals surface area contributed by atoms with Crippen molar-refractivity contribution in [2.75, 3.05) is 0 Å². The molecule has 0 unspecified atom stereocenters. The van der Waals surface area contributed by atoms with Gasteiger partial charge in [-0.25, -0.2) is 0 Å². The van der Waals surface area contributed by atoms with Crippen LogP contribution < -0.4 is 0 Å². The third kappa shape index (κ3) is 2.19. The Kier molecular flexibility index (Phi) is 2.91. The topological polar surface area (TPSA) is 43.1 Å².